The molecule has 17 heavy (non-hydrogen) atoms. The Balaban J connectivity index is 2.64. The van der Waals surface area contributed by atoms with Crippen LogP contribution < -0.4 is 0 Å². The van der Waals surface area contributed by atoms with Crippen LogP contribution in [0.2, 0.25) is 0 Å². The second-order valence-electron chi connectivity index (χ2n) is 3.45. The number of likely N-dealkylation sites (N-methyl/N-ethyl adjacent to an activating group) is 1. The third-order valence-corrected chi connectivity index (χ3v) is 8.75. The van der Waals surface area contributed by atoms with E-state index in [9.17, 15) is 4.79 Å². The Morgan fingerprint density at radius 3 is 2.94 bits per heavy atom. The van der Waals surface area contributed by atoms with E-state index in [2.05, 4.69) is 11.6 Å². The molecule has 0 aliphatic carbocycles. The van der Waals surface area contributed by atoms with Crippen molar-refractivity contribution in [1.82, 2.24) is 4.67 Å². The summed E-state index contributed by atoms with van der Waals surface area (Å²) in [6.45, 7) is 8.56. The molecule has 0 aromatic heterocycles. The highest BCUT2D eigenvalue weighted by molar-refractivity contribution is 8.70. The van der Waals surface area contributed by atoms with Gasteiger partial charge in [-0.05, 0) is 30.6 Å². The van der Waals surface area contributed by atoms with Gasteiger partial charge < -0.3 is 9.26 Å². The predicted molar refractivity (Wildman–Crippen MR) is 75.5 cm³/mol. The summed E-state index contributed by atoms with van der Waals surface area (Å²) in [4.78, 5) is 12.1. The maximum absolute atomic E-state index is 11.3. The van der Waals surface area contributed by atoms with Crippen LogP contribution in [0.3, 0.4) is 0 Å². The van der Waals surface area contributed by atoms with Gasteiger partial charge in [-0.1, -0.05) is 18.3 Å². The van der Waals surface area contributed by atoms with Gasteiger partial charge in [-0.25, -0.2) is 9.46 Å². The van der Waals surface area contributed by atoms with Crippen LogP contribution in [0.25, 0.3) is 0 Å². The molecule has 1 unspecified atom stereocenters. The zero-order valence-electron chi connectivity index (χ0n) is 10.3. The van der Waals surface area contributed by atoms with Crippen molar-refractivity contribution in [2.75, 3.05) is 26.3 Å². The summed E-state index contributed by atoms with van der Waals surface area (Å²) in [6, 6.07) is 0. The lowest BCUT2D eigenvalue weighted by atomic mass is 10.5. The normalized spacial score (nSPS) is 26.2. The third-order valence-electron chi connectivity index (χ3n) is 2.18. The van der Waals surface area contributed by atoms with Crippen molar-refractivity contribution in [2.45, 2.75) is 20.8 Å². The standard InChI is InChI=1S/C10H18NO3PS2/c1-4-11-6-7-14-15(11,16)17-9(3)8-10(12)13-5-2/h8H,4-7H2,1-3H3/b9-8+. The van der Waals surface area contributed by atoms with E-state index in [1.165, 1.54) is 17.5 Å². The maximum Gasteiger partial charge on any atom is 0.331 e. The molecule has 7 heteroatoms. The van der Waals surface area contributed by atoms with Gasteiger partial charge in [-0.15, -0.1) is 0 Å². The van der Waals surface area contributed by atoms with E-state index in [1.54, 1.807) is 6.92 Å². The summed E-state index contributed by atoms with van der Waals surface area (Å²) in [5.74, 6) is -0.318. The summed E-state index contributed by atoms with van der Waals surface area (Å²) in [5.41, 5.74) is -2.00. The van der Waals surface area contributed by atoms with Crippen molar-refractivity contribution in [3.8, 4) is 0 Å². The monoisotopic (exact) mass is 295 g/mol. The quantitative estimate of drug-likeness (QED) is 0.441. The van der Waals surface area contributed by atoms with Crippen LogP contribution in [0.4, 0.5) is 0 Å². The maximum atomic E-state index is 11.3. The molecule has 0 spiro atoms. The van der Waals surface area contributed by atoms with E-state index in [1.807, 2.05) is 6.92 Å². The van der Waals surface area contributed by atoms with Gasteiger partial charge in [-0.3, -0.25) is 0 Å². The number of carbonyl (C=O) groups excluding carboxylic acids is 1. The molecule has 1 aliphatic heterocycles. The summed E-state index contributed by atoms with van der Waals surface area (Å²) in [7, 11) is 0. The van der Waals surface area contributed by atoms with Crippen molar-refractivity contribution in [3.63, 3.8) is 0 Å². The number of esters is 1. The molecule has 0 aromatic carbocycles. The molecule has 98 valence electrons. The van der Waals surface area contributed by atoms with Crippen LogP contribution in [0.15, 0.2) is 11.0 Å². The lowest BCUT2D eigenvalue weighted by Gasteiger charge is -2.24. The van der Waals surface area contributed by atoms with E-state index in [0.29, 0.717) is 13.2 Å². The van der Waals surface area contributed by atoms with Gasteiger partial charge in [0.05, 0.1) is 13.2 Å². The second kappa shape index (κ2) is 6.90. The van der Waals surface area contributed by atoms with Gasteiger partial charge in [-0.2, -0.15) is 0 Å². The van der Waals surface area contributed by atoms with Gasteiger partial charge in [0.1, 0.15) is 0 Å². The van der Waals surface area contributed by atoms with E-state index in [4.69, 9.17) is 21.1 Å². The Kier molecular flexibility index (Phi) is 6.17. The summed E-state index contributed by atoms with van der Waals surface area (Å²) in [5, 5.41) is 0. The number of nitrogens with zero attached hydrogens (tertiary/aromatic N) is 1. The van der Waals surface area contributed by atoms with Gasteiger partial charge in [0, 0.05) is 19.2 Å². The van der Waals surface area contributed by atoms with E-state index in [-0.39, 0.29) is 5.97 Å². The minimum Gasteiger partial charge on any atom is -0.463 e. The van der Waals surface area contributed by atoms with Crippen LogP contribution in [-0.4, -0.2) is 36.9 Å². The van der Waals surface area contributed by atoms with Gasteiger partial charge >= 0.3 is 5.97 Å². The molecule has 0 amide bonds. The predicted octanol–water partition coefficient (Wildman–Crippen LogP) is 2.76. The fourth-order valence-corrected chi connectivity index (χ4v) is 7.71. The second-order valence-corrected chi connectivity index (χ2v) is 10.2. The average Bonchev–Trinajstić information content (AvgIpc) is 2.58. The average molecular weight is 295 g/mol. The molecule has 1 rings (SSSR count). The number of rotatable bonds is 5. The molecule has 0 saturated carbocycles. The topological polar surface area (TPSA) is 38.8 Å². The van der Waals surface area contributed by atoms with Crippen molar-refractivity contribution >= 4 is 34.8 Å². The SMILES string of the molecule is CCOC(=O)/C=C(\C)SP1(=S)OCCN1CC. The molecule has 1 saturated heterocycles. The van der Waals surface area contributed by atoms with E-state index in [0.717, 1.165) is 18.0 Å². The van der Waals surface area contributed by atoms with Gasteiger partial charge in [0.25, 0.3) is 0 Å². The number of allylic oxidation sites excluding steroid dienone is 1. The highest BCUT2D eigenvalue weighted by Crippen LogP contribution is 2.67. The van der Waals surface area contributed by atoms with Gasteiger partial charge in [0.2, 0.25) is 0 Å². The molecule has 4 nitrogen and oxygen atoms in total. The lowest BCUT2D eigenvalue weighted by Crippen LogP contribution is -2.14. The highest BCUT2D eigenvalue weighted by atomic mass is 32.9. The highest BCUT2D eigenvalue weighted by Gasteiger charge is 2.32. The molecular weight excluding hydrogens is 277 g/mol. The number of hydrogen-bond acceptors (Lipinski definition) is 5. The Morgan fingerprint density at radius 1 is 1.65 bits per heavy atom. The molecule has 1 heterocycles. The van der Waals surface area contributed by atoms with Crippen molar-refractivity contribution in [3.05, 3.63) is 11.0 Å². The first-order chi connectivity index (χ1) is 8.01. The van der Waals surface area contributed by atoms with Crippen LogP contribution >= 0.6 is 17.0 Å². The lowest BCUT2D eigenvalue weighted by molar-refractivity contribution is -0.137. The zero-order chi connectivity index (χ0) is 12.9. The molecular formula is C10H18NO3PS2. The number of hydrogen-bond donors (Lipinski definition) is 0. The summed E-state index contributed by atoms with van der Waals surface area (Å²) >= 11 is 7.05. The fourth-order valence-electron chi connectivity index (χ4n) is 1.44. The van der Waals surface area contributed by atoms with E-state index >= 15 is 0 Å². The smallest absolute Gasteiger partial charge is 0.331 e. The first-order valence-corrected chi connectivity index (χ1v) is 9.66. The van der Waals surface area contributed by atoms with Crippen molar-refractivity contribution < 1.29 is 14.1 Å². The minimum atomic E-state index is -2.00. The van der Waals surface area contributed by atoms with E-state index < -0.39 is 5.62 Å². The molecule has 0 aromatic rings. The fraction of sp³-hybridized carbons (Fsp3) is 0.700. The van der Waals surface area contributed by atoms with Crippen molar-refractivity contribution in [1.29, 1.82) is 0 Å². The van der Waals surface area contributed by atoms with Crippen LogP contribution in [0.5, 0.6) is 0 Å². The molecule has 0 N–H and O–H groups in total. The molecule has 0 bridgehead atoms. The number of ether oxygens (including phenoxy) is 1. The number of carbonyl (C=O) groups is 1. The Labute approximate surface area is 112 Å². The summed E-state index contributed by atoms with van der Waals surface area (Å²) in [6.07, 6.45) is 1.48. The first-order valence-electron chi connectivity index (χ1n) is 5.56. The molecule has 0 radical (unpaired) electrons. The van der Waals surface area contributed by atoms with Crippen molar-refractivity contribution in [2.24, 2.45) is 0 Å². The third kappa shape index (κ3) is 4.38. The largest absolute Gasteiger partial charge is 0.463 e. The first kappa shape index (κ1) is 15.2. The van der Waals surface area contributed by atoms with Crippen LogP contribution in [0, 0.1) is 0 Å². The van der Waals surface area contributed by atoms with Gasteiger partial charge in [0.15, 0.2) is 5.62 Å². The summed E-state index contributed by atoms with van der Waals surface area (Å²) < 4.78 is 12.7. The minimum absolute atomic E-state index is 0.318. The van der Waals surface area contributed by atoms with Crippen LogP contribution in [0.1, 0.15) is 20.8 Å². The zero-order valence-corrected chi connectivity index (χ0v) is 12.9. The Morgan fingerprint density at radius 2 is 2.35 bits per heavy atom. The van der Waals surface area contributed by atoms with Crippen LogP contribution in [-0.2, 0) is 25.9 Å². The molecule has 1 atom stereocenters. The Bertz CT molecular complexity index is 359. The molecule has 1 aliphatic rings. The molecule has 1 fully saturated rings. The Hall–Kier alpha value is 0.130.